The molecule has 1 aromatic rings. The summed E-state index contributed by atoms with van der Waals surface area (Å²) < 4.78 is 0. The van der Waals surface area contributed by atoms with E-state index in [0.29, 0.717) is 6.42 Å². The maximum Gasteiger partial charge on any atom is 0.0899 e. The maximum atomic E-state index is 9.96. The van der Waals surface area contributed by atoms with Gasteiger partial charge in [0.25, 0.3) is 0 Å². The molecule has 0 aliphatic heterocycles. The third kappa shape index (κ3) is 3.62. The highest BCUT2D eigenvalue weighted by Crippen LogP contribution is 2.33. The van der Waals surface area contributed by atoms with Gasteiger partial charge in [-0.15, -0.1) is 11.8 Å². The van der Waals surface area contributed by atoms with Gasteiger partial charge in [0.15, 0.2) is 0 Å². The molecule has 1 aliphatic carbocycles. The van der Waals surface area contributed by atoms with Crippen LogP contribution < -0.4 is 0 Å². The molecule has 1 saturated carbocycles. The molecule has 18 heavy (non-hydrogen) atoms. The van der Waals surface area contributed by atoms with Gasteiger partial charge in [-0.1, -0.05) is 50.1 Å². The van der Waals surface area contributed by atoms with Crippen LogP contribution in [-0.4, -0.2) is 5.11 Å². The van der Waals surface area contributed by atoms with Crippen LogP contribution in [0.25, 0.3) is 0 Å². The summed E-state index contributed by atoms with van der Waals surface area (Å²) in [7, 11) is 0. The molecule has 1 aromatic carbocycles. The van der Waals surface area contributed by atoms with E-state index >= 15 is 0 Å². The minimum Gasteiger partial charge on any atom is -0.387 e. The molecule has 0 saturated heterocycles. The van der Waals surface area contributed by atoms with Crippen molar-refractivity contribution < 1.29 is 5.11 Å². The van der Waals surface area contributed by atoms with Crippen molar-refractivity contribution in [2.24, 2.45) is 11.8 Å². The first-order chi connectivity index (χ1) is 8.77. The Labute approximate surface area is 110 Å². The fourth-order valence-electron chi connectivity index (χ4n) is 2.69. The number of benzene rings is 1. The largest absolute Gasteiger partial charge is 0.387 e. The summed E-state index contributed by atoms with van der Waals surface area (Å²) in [5, 5.41) is 9.96. The number of aliphatic hydroxyl groups excluding tert-OH is 1. The Bertz CT molecular complexity index is 412. The van der Waals surface area contributed by atoms with E-state index in [4.69, 9.17) is 0 Å². The molecule has 1 heteroatoms. The van der Waals surface area contributed by atoms with E-state index < -0.39 is 6.10 Å². The molecular weight excluding hydrogens is 220 g/mol. The molecule has 1 unspecified atom stereocenters. The molecule has 0 spiro atoms. The van der Waals surface area contributed by atoms with Crippen LogP contribution in [0.2, 0.25) is 0 Å². The molecule has 0 radical (unpaired) electrons. The second kappa shape index (κ2) is 6.61. The standard InChI is InChI=1S/C17H22O/c1-14-8-7-12-15(14)9-5-6-13-17(18)16-10-3-2-4-11-16/h2-4,10-11,14-15,17-18H,7-9,12-13H2,1H3/t14-,15-,17?/m0/s1. The van der Waals surface area contributed by atoms with Crippen LogP contribution in [-0.2, 0) is 0 Å². The number of rotatable bonds is 3. The minimum absolute atomic E-state index is 0.445. The number of hydrogen-bond donors (Lipinski definition) is 1. The Kier molecular flexibility index (Phi) is 4.84. The van der Waals surface area contributed by atoms with Gasteiger partial charge in [-0.3, -0.25) is 0 Å². The summed E-state index contributed by atoms with van der Waals surface area (Å²) in [5.41, 5.74) is 0.959. The predicted octanol–water partition coefficient (Wildman–Crippen LogP) is 3.94. The average molecular weight is 242 g/mol. The molecule has 96 valence electrons. The molecule has 0 heterocycles. The summed E-state index contributed by atoms with van der Waals surface area (Å²) in [4.78, 5) is 0. The zero-order chi connectivity index (χ0) is 12.8. The Morgan fingerprint density at radius 3 is 2.67 bits per heavy atom. The summed E-state index contributed by atoms with van der Waals surface area (Å²) in [6.07, 6.45) is 5.16. The van der Waals surface area contributed by atoms with Crippen molar-refractivity contribution in [1.29, 1.82) is 0 Å². The summed E-state index contributed by atoms with van der Waals surface area (Å²) in [6.45, 7) is 2.33. The van der Waals surface area contributed by atoms with Crippen LogP contribution in [0, 0.1) is 23.7 Å². The smallest absolute Gasteiger partial charge is 0.0899 e. The van der Waals surface area contributed by atoms with Gasteiger partial charge in [0.05, 0.1) is 6.10 Å². The van der Waals surface area contributed by atoms with E-state index in [1.54, 1.807) is 0 Å². The first-order valence-corrected chi connectivity index (χ1v) is 6.96. The van der Waals surface area contributed by atoms with Crippen LogP contribution in [0.15, 0.2) is 30.3 Å². The molecule has 1 fully saturated rings. The van der Waals surface area contributed by atoms with Crippen LogP contribution in [0.3, 0.4) is 0 Å². The topological polar surface area (TPSA) is 20.2 Å². The van der Waals surface area contributed by atoms with Gasteiger partial charge in [-0.25, -0.2) is 0 Å². The van der Waals surface area contributed by atoms with Crippen molar-refractivity contribution in [1.82, 2.24) is 0 Å². The quantitative estimate of drug-likeness (QED) is 0.796. The molecule has 0 aromatic heterocycles. The lowest BCUT2D eigenvalue weighted by Gasteiger charge is -2.10. The third-order valence-corrected chi connectivity index (χ3v) is 4.01. The maximum absolute atomic E-state index is 9.96. The monoisotopic (exact) mass is 242 g/mol. The summed E-state index contributed by atoms with van der Waals surface area (Å²) in [5.74, 6) is 7.99. The van der Waals surface area contributed by atoms with Crippen molar-refractivity contribution in [2.45, 2.75) is 45.1 Å². The number of aliphatic hydroxyl groups is 1. The van der Waals surface area contributed by atoms with Gasteiger partial charge in [0.1, 0.15) is 0 Å². The van der Waals surface area contributed by atoms with E-state index in [0.717, 1.165) is 23.8 Å². The molecular formula is C17H22O. The van der Waals surface area contributed by atoms with Crippen molar-refractivity contribution in [3.8, 4) is 11.8 Å². The molecule has 1 N–H and O–H groups in total. The minimum atomic E-state index is -0.445. The fraction of sp³-hybridized carbons (Fsp3) is 0.529. The molecule has 2 rings (SSSR count). The van der Waals surface area contributed by atoms with Gasteiger partial charge in [-0.05, 0) is 23.8 Å². The van der Waals surface area contributed by atoms with E-state index in [1.165, 1.54) is 19.3 Å². The normalized spacial score (nSPS) is 24.3. The predicted molar refractivity (Wildman–Crippen MR) is 74.9 cm³/mol. The average Bonchev–Trinajstić information content (AvgIpc) is 2.81. The lowest BCUT2D eigenvalue weighted by atomic mass is 9.95. The Balaban J connectivity index is 1.78. The van der Waals surface area contributed by atoms with Crippen molar-refractivity contribution in [3.63, 3.8) is 0 Å². The zero-order valence-corrected chi connectivity index (χ0v) is 11.1. The van der Waals surface area contributed by atoms with E-state index in [9.17, 15) is 5.11 Å². The first-order valence-electron chi connectivity index (χ1n) is 6.96. The highest BCUT2D eigenvalue weighted by molar-refractivity contribution is 5.19. The van der Waals surface area contributed by atoms with Crippen LogP contribution >= 0.6 is 0 Å². The zero-order valence-electron chi connectivity index (χ0n) is 11.1. The van der Waals surface area contributed by atoms with Crippen molar-refractivity contribution >= 4 is 0 Å². The lowest BCUT2D eigenvalue weighted by molar-refractivity contribution is 0.184. The Hall–Kier alpha value is -1.26. The second-order valence-electron chi connectivity index (χ2n) is 5.36. The fourth-order valence-corrected chi connectivity index (χ4v) is 2.69. The SMILES string of the molecule is C[C@H]1CCC[C@@H]1CC#CCC(O)c1ccccc1. The molecule has 3 atom stereocenters. The van der Waals surface area contributed by atoms with E-state index in [2.05, 4.69) is 18.8 Å². The van der Waals surface area contributed by atoms with Gasteiger partial charge in [0, 0.05) is 12.8 Å². The molecule has 0 amide bonds. The first kappa shape index (κ1) is 13.2. The Morgan fingerprint density at radius 2 is 2.00 bits per heavy atom. The van der Waals surface area contributed by atoms with Crippen molar-refractivity contribution in [2.75, 3.05) is 0 Å². The van der Waals surface area contributed by atoms with Gasteiger partial charge >= 0.3 is 0 Å². The second-order valence-corrected chi connectivity index (χ2v) is 5.36. The summed E-state index contributed by atoms with van der Waals surface area (Å²) in [6, 6.07) is 9.76. The van der Waals surface area contributed by atoms with Gasteiger partial charge in [0.2, 0.25) is 0 Å². The van der Waals surface area contributed by atoms with Crippen LogP contribution in [0.4, 0.5) is 0 Å². The van der Waals surface area contributed by atoms with E-state index in [-0.39, 0.29) is 0 Å². The highest BCUT2D eigenvalue weighted by Gasteiger charge is 2.21. The molecule has 0 bridgehead atoms. The highest BCUT2D eigenvalue weighted by atomic mass is 16.3. The number of hydrogen-bond acceptors (Lipinski definition) is 1. The summed E-state index contributed by atoms with van der Waals surface area (Å²) >= 11 is 0. The van der Waals surface area contributed by atoms with Crippen LogP contribution in [0.1, 0.15) is 50.7 Å². The lowest BCUT2D eigenvalue weighted by Crippen LogP contribution is -2.02. The van der Waals surface area contributed by atoms with Gasteiger partial charge in [-0.2, -0.15) is 0 Å². The Morgan fingerprint density at radius 1 is 1.22 bits per heavy atom. The molecule has 1 nitrogen and oxygen atoms in total. The van der Waals surface area contributed by atoms with Crippen LogP contribution in [0.5, 0.6) is 0 Å². The van der Waals surface area contributed by atoms with E-state index in [1.807, 2.05) is 30.3 Å². The van der Waals surface area contributed by atoms with Gasteiger partial charge < -0.3 is 5.11 Å². The van der Waals surface area contributed by atoms with Crippen molar-refractivity contribution in [3.05, 3.63) is 35.9 Å². The molecule has 1 aliphatic rings. The third-order valence-electron chi connectivity index (χ3n) is 4.01.